The first kappa shape index (κ1) is 16.4. The van der Waals surface area contributed by atoms with Crippen LogP contribution in [0.2, 0.25) is 0 Å². The van der Waals surface area contributed by atoms with Gasteiger partial charge in [-0.3, -0.25) is 14.4 Å². The van der Waals surface area contributed by atoms with Crippen molar-refractivity contribution < 1.29 is 27.9 Å². The van der Waals surface area contributed by atoms with E-state index in [1.807, 2.05) is 0 Å². The molecule has 23 heavy (non-hydrogen) atoms. The normalized spacial score (nSPS) is 11.6. The maximum Gasteiger partial charge on any atom is 0.326 e. The first-order chi connectivity index (χ1) is 11.0. The van der Waals surface area contributed by atoms with Crippen LogP contribution in [0.3, 0.4) is 0 Å². The van der Waals surface area contributed by atoms with Gasteiger partial charge in [0.05, 0.1) is 6.26 Å². The average molecular weight is 319 g/mol. The van der Waals surface area contributed by atoms with Crippen LogP contribution < -0.4 is 5.32 Å². The predicted octanol–water partition coefficient (Wildman–Crippen LogP) is 1.96. The molecule has 0 saturated heterocycles. The van der Waals surface area contributed by atoms with Crippen molar-refractivity contribution in [3.63, 3.8) is 0 Å². The van der Waals surface area contributed by atoms with Crippen molar-refractivity contribution in [1.29, 1.82) is 0 Å². The van der Waals surface area contributed by atoms with E-state index in [1.54, 1.807) is 0 Å². The lowest BCUT2D eigenvalue weighted by molar-refractivity contribution is -0.145. The van der Waals surface area contributed by atoms with Gasteiger partial charge in [0.15, 0.2) is 11.9 Å². The Labute approximate surface area is 131 Å². The van der Waals surface area contributed by atoms with Crippen molar-refractivity contribution in [2.24, 2.45) is 0 Å². The third-order valence-electron chi connectivity index (χ3n) is 2.94. The molecule has 2 rings (SSSR count). The first-order valence-corrected chi connectivity index (χ1v) is 6.78. The molecule has 0 radical (unpaired) electrons. The van der Waals surface area contributed by atoms with Crippen molar-refractivity contribution in [3.8, 4) is 0 Å². The molecule has 1 heterocycles. The van der Waals surface area contributed by atoms with E-state index in [-0.39, 0.29) is 11.3 Å². The molecular formula is C16H14FNO5. The molecule has 1 atom stereocenters. The molecule has 2 aromatic rings. The molecule has 1 N–H and O–H groups in total. The Kier molecular flexibility index (Phi) is 5.24. The van der Waals surface area contributed by atoms with Gasteiger partial charge in [-0.15, -0.1) is 0 Å². The highest BCUT2D eigenvalue weighted by atomic mass is 19.1. The van der Waals surface area contributed by atoms with Crippen LogP contribution >= 0.6 is 0 Å². The molecule has 0 fully saturated rings. The molecule has 120 valence electrons. The quantitative estimate of drug-likeness (QED) is 0.650. The van der Waals surface area contributed by atoms with E-state index >= 15 is 0 Å². The maximum absolute atomic E-state index is 12.8. The predicted molar refractivity (Wildman–Crippen MR) is 77.3 cm³/mol. The standard InChI is InChI=1S/C16H14FNO5/c1-10(15(20)11-4-6-12(17)7-5-11)23-14(19)9-18-16(21)13-3-2-8-22-13/h2-8,10H,9H2,1H3,(H,18,21)/t10-/m0/s1. The van der Waals surface area contributed by atoms with Gasteiger partial charge in [0, 0.05) is 5.56 Å². The van der Waals surface area contributed by atoms with Crippen LogP contribution in [0.1, 0.15) is 27.8 Å². The van der Waals surface area contributed by atoms with Crippen LogP contribution in [-0.4, -0.2) is 30.3 Å². The minimum Gasteiger partial charge on any atom is -0.459 e. The van der Waals surface area contributed by atoms with Crippen LogP contribution in [0.4, 0.5) is 4.39 Å². The van der Waals surface area contributed by atoms with Crippen LogP contribution in [-0.2, 0) is 9.53 Å². The number of rotatable bonds is 6. The number of esters is 1. The molecule has 1 aromatic carbocycles. The van der Waals surface area contributed by atoms with Crippen molar-refractivity contribution in [3.05, 3.63) is 59.8 Å². The molecular weight excluding hydrogens is 305 g/mol. The number of carbonyl (C=O) groups excluding carboxylic acids is 3. The number of ketones is 1. The van der Waals surface area contributed by atoms with Crippen molar-refractivity contribution in [1.82, 2.24) is 5.32 Å². The lowest BCUT2D eigenvalue weighted by Gasteiger charge is -2.12. The minimum atomic E-state index is -1.05. The van der Waals surface area contributed by atoms with E-state index in [4.69, 9.17) is 9.15 Å². The zero-order valence-electron chi connectivity index (χ0n) is 12.2. The summed E-state index contributed by atoms with van der Waals surface area (Å²) in [5.41, 5.74) is 0.228. The fourth-order valence-electron chi connectivity index (χ4n) is 1.79. The number of carbonyl (C=O) groups is 3. The molecule has 0 aliphatic rings. The van der Waals surface area contributed by atoms with Crippen molar-refractivity contribution >= 4 is 17.7 Å². The molecule has 1 amide bonds. The third kappa shape index (κ3) is 4.50. The molecule has 0 aliphatic carbocycles. The number of ether oxygens (including phenoxy) is 1. The molecule has 0 spiro atoms. The van der Waals surface area contributed by atoms with Crippen LogP contribution in [0.5, 0.6) is 0 Å². The van der Waals surface area contributed by atoms with E-state index in [1.165, 1.54) is 37.5 Å². The van der Waals surface area contributed by atoms with E-state index in [0.717, 1.165) is 12.1 Å². The highest BCUT2D eigenvalue weighted by Crippen LogP contribution is 2.08. The van der Waals surface area contributed by atoms with Crippen LogP contribution in [0, 0.1) is 5.82 Å². The molecule has 0 saturated carbocycles. The topological polar surface area (TPSA) is 85.6 Å². The van der Waals surface area contributed by atoms with E-state index < -0.39 is 36.1 Å². The Morgan fingerprint density at radius 2 is 1.91 bits per heavy atom. The smallest absolute Gasteiger partial charge is 0.326 e. The van der Waals surface area contributed by atoms with Gasteiger partial charge in [-0.25, -0.2) is 4.39 Å². The van der Waals surface area contributed by atoms with Crippen molar-refractivity contribution in [2.75, 3.05) is 6.54 Å². The number of halogens is 1. The second kappa shape index (κ2) is 7.35. The monoisotopic (exact) mass is 319 g/mol. The summed E-state index contributed by atoms with van der Waals surface area (Å²) in [6.07, 6.45) is 0.282. The van der Waals surface area contributed by atoms with Gasteiger partial charge in [-0.1, -0.05) is 0 Å². The lowest BCUT2D eigenvalue weighted by atomic mass is 10.1. The van der Waals surface area contributed by atoms with Gasteiger partial charge < -0.3 is 14.5 Å². The number of nitrogens with one attached hydrogen (secondary N) is 1. The number of hydrogen-bond acceptors (Lipinski definition) is 5. The molecule has 0 bridgehead atoms. The minimum absolute atomic E-state index is 0.0632. The number of amides is 1. The number of benzene rings is 1. The largest absolute Gasteiger partial charge is 0.459 e. The fraction of sp³-hybridized carbons (Fsp3) is 0.188. The summed E-state index contributed by atoms with van der Waals surface area (Å²) in [5, 5.41) is 2.31. The van der Waals surface area contributed by atoms with Gasteiger partial charge in [0.2, 0.25) is 5.78 Å². The van der Waals surface area contributed by atoms with Gasteiger partial charge >= 0.3 is 5.97 Å². The maximum atomic E-state index is 12.8. The Bertz CT molecular complexity index is 694. The number of furan rings is 1. The molecule has 7 heteroatoms. The van der Waals surface area contributed by atoms with E-state index in [9.17, 15) is 18.8 Å². The van der Waals surface area contributed by atoms with Crippen molar-refractivity contribution in [2.45, 2.75) is 13.0 Å². The Balaban J connectivity index is 1.83. The average Bonchev–Trinajstić information content (AvgIpc) is 3.07. The lowest BCUT2D eigenvalue weighted by Crippen LogP contribution is -2.33. The number of hydrogen-bond donors (Lipinski definition) is 1. The number of Topliss-reactive ketones (excluding diaryl/α,β-unsaturated/α-hetero) is 1. The van der Waals surface area contributed by atoms with Gasteiger partial charge in [0.1, 0.15) is 12.4 Å². The zero-order valence-corrected chi connectivity index (χ0v) is 12.2. The first-order valence-electron chi connectivity index (χ1n) is 6.78. The molecule has 1 aromatic heterocycles. The zero-order chi connectivity index (χ0) is 16.8. The Hall–Kier alpha value is -2.96. The summed E-state index contributed by atoms with van der Waals surface area (Å²) < 4.78 is 22.6. The van der Waals surface area contributed by atoms with Gasteiger partial charge in [0.25, 0.3) is 5.91 Å². The van der Waals surface area contributed by atoms with Crippen LogP contribution in [0.15, 0.2) is 47.1 Å². The second-order valence-corrected chi connectivity index (χ2v) is 4.66. The van der Waals surface area contributed by atoms with Gasteiger partial charge in [-0.05, 0) is 43.3 Å². The Morgan fingerprint density at radius 3 is 2.52 bits per heavy atom. The van der Waals surface area contributed by atoms with Gasteiger partial charge in [-0.2, -0.15) is 0 Å². The molecule has 6 nitrogen and oxygen atoms in total. The molecule has 0 aliphatic heterocycles. The summed E-state index contributed by atoms with van der Waals surface area (Å²) in [7, 11) is 0. The summed E-state index contributed by atoms with van der Waals surface area (Å²) >= 11 is 0. The second-order valence-electron chi connectivity index (χ2n) is 4.66. The third-order valence-corrected chi connectivity index (χ3v) is 2.94. The summed E-state index contributed by atoms with van der Waals surface area (Å²) in [5.74, 6) is -2.20. The summed E-state index contributed by atoms with van der Waals surface area (Å²) in [4.78, 5) is 35.2. The SMILES string of the molecule is C[C@H](OC(=O)CNC(=O)c1ccco1)C(=O)c1ccc(F)cc1. The van der Waals surface area contributed by atoms with Crippen LogP contribution in [0.25, 0.3) is 0 Å². The Morgan fingerprint density at radius 1 is 1.22 bits per heavy atom. The van der Waals surface area contributed by atoms with E-state index in [0.29, 0.717) is 0 Å². The summed E-state index contributed by atoms with van der Waals surface area (Å²) in [6, 6.07) is 7.89. The summed E-state index contributed by atoms with van der Waals surface area (Å²) in [6.45, 7) is 0.999. The van der Waals surface area contributed by atoms with E-state index in [2.05, 4.69) is 5.32 Å². The molecule has 0 unspecified atom stereocenters. The highest BCUT2D eigenvalue weighted by molar-refractivity contribution is 6.00. The fourth-order valence-corrected chi connectivity index (χ4v) is 1.79. The highest BCUT2D eigenvalue weighted by Gasteiger charge is 2.20.